The highest BCUT2D eigenvalue weighted by Crippen LogP contribution is 2.32. The van der Waals surface area contributed by atoms with Crippen LogP contribution in [0.2, 0.25) is 5.15 Å². The Balaban J connectivity index is 0.000000980. The second-order valence-corrected chi connectivity index (χ2v) is 3.85. The van der Waals surface area contributed by atoms with Crippen LogP contribution in [-0.2, 0) is 0 Å². The molecule has 2 rings (SSSR count). The Hall–Kier alpha value is -0.510. The molecular weight excluding hydrogens is 223 g/mol. The van der Waals surface area contributed by atoms with Crippen LogP contribution in [0.4, 0.5) is 0 Å². The van der Waals surface area contributed by atoms with E-state index in [-0.39, 0.29) is 17.9 Å². The molecule has 0 aromatic carbocycles. The van der Waals surface area contributed by atoms with Gasteiger partial charge in [0.25, 0.3) is 0 Å². The molecule has 0 amide bonds. The molecule has 1 saturated carbocycles. The molecule has 2 N–H and O–H groups in total. The molecule has 0 unspecified atom stereocenters. The Labute approximate surface area is 94.0 Å². The minimum Gasteiger partial charge on any atom is -0.490 e. The van der Waals surface area contributed by atoms with E-state index < -0.39 is 0 Å². The van der Waals surface area contributed by atoms with Gasteiger partial charge in [0.05, 0.1) is 11.7 Å². The molecule has 1 heterocycles. The van der Waals surface area contributed by atoms with Gasteiger partial charge in [-0.15, -0.1) is 12.4 Å². The standard InChI is InChI=1S/C9H11ClN2O.ClH/c10-8-2-1-7(5-12-8)13-6-9(11)3-4-9;/h1-2,5H,3-4,6,11H2;1H. The highest BCUT2D eigenvalue weighted by Gasteiger charge is 2.39. The highest BCUT2D eigenvalue weighted by molar-refractivity contribution is 6.29. The second-order valence-electron chi connectivity index (χ2n) is 3.47. The summed E-state index contributed by atoms with van der Waals surface area (Å²) in [6.07, 6.45) is 3.70. The molecule has 5 heteroatoms. The fraction of sp³-hybridized carbons (Fsp3) is 0.444. The first-order chi connectivity index (χ1) is 6.18. The molecule has 14 heavy (non-hydrogen) atoms. The van der Waals surface area contributed by atoms with Crippen molar-refractivity contribution in [3.8, 4) is 5.75 Å². The van der Waals surface area contributed by atoms with Crippen LogP contribution in [0.25, 0.3) is 0 Å². The van der Waals surface area contributed by atoms with Crippen LogP contribution in [0.15, 0.2) is 18.3 Å². The number of rotatable bonds is 3. The van der Waals surface area contributed by atoms with E-state index in [1.54, 1.807) is 18.3 Å². The first kappa shape index (κ1) is 11.6. The Morgan fingerprint density at radius 2 is 2.21 bits per heavy atom. The number of hydrogen-bond donors (Lipinski definition) is 1. The lowest BCUT2D eigenvalue weighted by molar-refractivity contribution is 0.278. The topological polar surface area (TPSA) is 48.1 Å². The van der Waals surface area contributed by atoms with E-state index >= 15 is 0 Å². The molecule has 0 saturated heterocycles. The maximum atomic E-state index is 5.85. The normalized spacial score (nSPS) is 17.0. The number of nitrogens with two attached hydrogens (primary N) is 1. The zero-order chi connectivity index (χ0) is 9.31. The van der Waals surface area contributed by atoms with Crippen LogP contribution in [0.1, 0.15) is 12.8 Å². The molecule has 1 aromatic heterocycles. The second kappa shape index (κ2) is 4.34. The number of aromatic nitrogens is 1. The van der Waals surface area contributed by atoms with Crippen molar-refractivity contribution in [2.75, 3.05) is 6.61 Å². The summed E-state index contributed by atoms with van der Waals surface area (Å²) in [5.41, 5.74) is 5.77. The van der Waals surface area contributed by atoms with Gasteiger partial charge in [-0.2, -0.15) is 0 Å². The first-order valence-corrected chi connectivity index (χ1v) is 4.59. The molecule has 1 fully saturated rings. The fourth-order valence-electron chi connectivity index (χ4n) is 0.980. The average Bonchev–Trinajstić information content (AvgIpc) is 2.84. The molecule has 1 aliphatic rings. The van der Waals surface area contributed by atoms with Crippen molar-refractivity contribution in [2.24, 2.45) is 5.73 Å². The van der Waals surface area contributed by atoms with Crippen LogP contribution < -0.4 is 10.5 Å². The monoisotopic (exact) mass is 234 g/mol. The van der Waals surface area contributed by atoms with Crippen molar-refractivity contribution in [1.29, 1.82) is 0 Å². The summed E-state index contributed by atoms with van der Waals surface area (Å²) in [7, 11) is 0. The molecule has 0 atom stereocenters. The predicted molar refractivity (Wildman–Crippen MR) is 58.1 cm³/mol. The van der Waals surface area contributed by atoms with E-state index in [1.807, 2.05) is 0 Å². The van der Waals surface area contributed by atoms with Gasteiger partial charge in [0, 0.05) is 0 Å². The first-order valence-electron chi connectivity index (χ1n) is 4.21. The Bertz CT molecular complexity index is 298. The van der Waals surface area contributed by atoms with E-state index in [4.69, 9.17) is 22.1 Å². The lowest BCUT2D eigenvalue weighted by Gasteiger charge is -2.10. The van der Waals surface area contributed by atoms with Gasteiger partial charge >= 0.3 is 0 Å². The Morgan fingerprint density at radius 1 is 1.50 bits per heavy atom. The van der Waals surface area contributed by atoms with E-state index in [9.17, 15) is 0 Å². The third kappa shape index (κ3) is 3.01. The number of halogens is 2. The van der Waals surface area contributed by atoms with Gasteiger partial charge in [0.1, 0.15) is 17.5 Å². The maximum Gasteiger partial charge on any atom is 0.137 e. The van der Waals surface area contributed by atoms with Crippen molar-refractivity contribution >= 4 is 24.0 Å². The summed E-state index contributed by atoms with van der Waals surface area (Å²) in [5.74, 6) is 0.723. The van der Waals surface area contributed by atoms with Crippen molar-refractivity contribution in [2.45, 2.75) is 18.4 Å². The van der Waals surface area contributed by atoms with Crippen molar-refractivity contribution < 1.29 is 4.74 Å². The average molecular weight is 235 g/mol. The fourth-order valence-corrected chi connectivity index (χ4v) is 1.09. The Kier molecular flexibility index (Phi) is 3.59. The van der Waals surface area contributed by atoms with Gasteiger partial charge in [0.15, 0.2) is 0 Å². The minimum atomic E-state index is -0.0837. The third-order valence-corrected chi connectivity index (χ3v) is 2.34. The lowest BCUT2D eigenvalue weighted by atomic mass is 10.3. The quantitative estimate of drug-likeness (QED) is 0.815. The molecule has 0 radical (unpaired) electrons. The summed E-state index contributed by atoms with van der Waals surface area (Å²) >= 11 is 5.62. The van der Waals surface area contributed by atoms with Crippen LogP contribution in [-0.4, -0.2) is 17.1 Å². The summed E-state index contributed by atoms with van der Waals surface area (Å²) in [6, 6.07) is 3.49. The van der Waals surface area contributed by atoms with Gasteiger partial charge in [-0.05, 0) is 25.0 Å². The largest absolute Gasteiger partial charge is 0.490 e. The van der Waals surface area contributed by atoms with Gasteiger partial charge in [0.2, 0.25) is 0 Å². The smallest absolute Gasteiger partial charge is 0.137 e. The van der Waals surface area contributed by atoms with Crippen LogP contribution >= 0.6 is 24.0 Å². The summed E-state index contributed by atoms with van der Waals surface area (Å²) < 4.78 is 5.44. The van der Waals surface area contributed by atoms with Gasteiger partial charge < -0.3 is 10.5 Å². The number of nitrogens with zero attached hydrogens (tertiary/aromatic N) is 1. The molecule has 3 nitrogen and oxygen atoms in total. The highest BCUT2D eigenvalue weighted by atomic mass is 35.5. The van der Waals surface area contributed by atoms with Crippen molar-refractivity contribution in [3.05, 3.63) is 23.5 Å². The predicted octanol–water partition coefficient (Wildman–Crippen LogP) is 2.03. The van der Waals surface area contributed by atoms with Gasteiger partial charge in [-0.1, -0.05) is 11.6 Å². The molecule has 0 aliphatic heterocycles. The summed E-state index contributed by atoms with van der Waals surface area (Å²) in [6.45, 7) is 0.566. The number of pyridine rings is 1. The van der Waals surface area contributed by atoms with Crippen molar-refractivity contribution in [3.63, 3.8) is 0 Å². The number of ether oxygens (including phenoxy) is 1. The van der Waals surface area contributed by atoms with E-state index in [0.29, 0.717) is 11.8 Å². The van der Waals surface area contributed by atoms with E-state index in [1.165, 1.54) is 0 Å². The maximum absolute atomic E-state index is 5.85. The van der Waals surface area contributed by atoms with E-state index in [0.717, 1.165) is 18.6 Å². The molecule has 78 valence electrons. The van der Waals surface area contributed by atoms with Gasteiger partial charge in [-0.3, -0.25) is 0 Å². The summed E-state index contributed by atoms with van der Waals surface area (Å²) in [5, 5.41) is 0.473. The molecule has 0 spiro atoms. The zero-order valence-electron chi connectivity index (χ0n) is 7.57. The zero-order valence-corrected chi connectivity index (χ0v) is 9.14. The minimum absolute atomic E-state index is 0. The summed E-state index contributed by atoms with van der Waals surface area (Å²) in [4.78, 5) is 3.90. The van der Waals surface area contributed by atoms with Crippen LogP contribution in [0.5, 0.6) is 5.75 Å². The molecule has 1 aromatic rings. The Morgan fingerprint density at radius 3 is 2.71 bits per heavy atom. The van der Waals surface area contributed by atoms with Gasteiger partial charge in [-0.25, -0.2) is 4.98 Å². The number of hydrogen-bond acceptors (Lipinski definition) is 3. The lowest BCUT2D eigenvalue weighted by Crippen LogP contribution is -2.29. The molecule has 0 bridgehead atoms. The van der Waals surface area contributed by atoms with Crippen LogP contribution in [0.3, 0.4) is 0 Å². The molecular formula is C9H12Cl2N2O. The van der Waals surface area contributed by atoms with E-state index in [2.05, 4.69) is 4.98 Å². The van der Waals surface area contributed by atoms with Crippen LogP contribution in [0, 0.1) is 0 Å². The third-order valence-electron chi connectivity index (χ3n) is 2.12. The SMILES string of the molecule is Cl.NC1(COc2ccc(Cl)nc2)CC1. The molecule has 1 aliphatic carbocycles. The van der Waals surface area contributed by atoms with Crippen molar-refractivity contribution in [1.82, 2.24) is 4.98 Å².